The molecule has 0 aromatic heterocycles. The molecule has 1 saturated carbocycles. The van der Waals surface area contributed by atoms with Crippen molar-refractivity contribution in [1.82, 2.24) is 5.32 Å². The summed E-state index contributed by atoms with van der Waals surface area (Å²) in [6.45, 7) is 4.11. The molecule has 17 heavy (non-hydrogen) atoms. The normalized spacial score (nSPS) is 16.9. The molecule has 1 fully saturated rings. The Kier molecular flexibility index (Phi) is 3.43. The maximum atomic E-state index is 11.8. The molecule has 1 aromatic rings. The highest BCUT2D eigenvalue weighted by Gasteiger charge is 2.45. The number of carbonyl (C=O) groups is 1. The summed E-state index contributed by atoms with van der Waals surface area (Å²) >= 11 is 5.87. The molecule has 0 saturated heterocycles. The first-order valence-corrected chi connectivity index (χ1v) is 6.47. The molecule has 2 rings (SSSR count). The van der Waals surface area contributed by atoms with Crippen LogP contribution in [0.25, 0.3) is 0 Å². The lowest BCUT2D eigenvalue weighted by molar-refractivity contribution is -0.122. The molecule has 1 N–H and O–H groups in total. The molecule has 1 amide bonds. The van der Waals surface area contributed by atoms with Crippen LogP contribution in [-0.2, 0) is 10.3 Å². The van der Waals surface area contributed by atoms with Crippen LogP contribution >= 0.6 is 11.6 Å². The van der Waals surface area contributed by atoms with Crippen molar-refractivity contribution in [2.24, 2.45) is 5.92 Å². The summed E-state index contributed by atoms with van der Waals surface area (Å²) in [5.41, 5.74) is 1.05. The third kappa shape index (κ3) is 3.01. The van der Waals surface area contributed by atoms with Crippen molar-refractivity contribution in [3.8, 4) is 0 Å². The maximum Gasteiger partial charge on any atom is 0.220 e. The summed E-state index contributed by atoms with van der Waals surface area (Å²) in [4.78, 5) is 11.8. The molecular weight excluding hydrogens is 234 g/mol. The maximum absolute atomic E-state index is 11.8. The number of hydrogen-bond donors (Lipinski definition) is 1. The number of amides is 1. The number of carbonyl (C=O) groups excluding carboxylic acids is 1. The van der Waals surface area contributed by atoms with E-state index in [-0.39, 0.29) is 11.4 Å². The van der Waals surface area contributed by atoms with E-state index in [0.717, 1.165) is 17.9 Å². The van der Waals surface area contributed by atoms with Crippen LogP contribution in [0.15, 0.2) is 24.3 Å². The topological polar surface area (TPSA) is 29.1 Å². The molecule has 0 aliphatic heterocycles. The summed E-state index contributed by atoms with van der Waals surface area (Å²) in [5.74, 6) is 0.545. The summed E-state index contributed by atoms with van der Waals surface area (Å²) in [7, 11) is 0. The Bertz CT molecular complexity index is 407. The smallest absolute Gasteiger partial charge is 0.220 e. The average Bonchev–Trinajstić information content (AvgIpc) is 2.98. The predicted octanol–water partition coefficient (Wildman–Crippen LogP) is 3.49. The van der Waals surface area contributed by atoms with Gasteiger partial charge in [0.15, 0.2) is 0 Å². The van der Waals surface area contributed by atoms with E-state index in [2.05, 4.69) is 19.2 Å². The van der Waals surface area contributed by atoms with E-state index >= 15 is 0 Å². The lowest BCUT2D eigenvalue weighted by Gasteiger charge is -2.18. The van der Waals surface area contributed by atoms with E-state index < -0.39 is 0 Å². The molecule has 92 valence electrons. The van der Waals surface area contributed by atoms with Crippen LogP contribution in [0.2, 0.25) is 5.02 Å². The molecule has 3 heteroatoms. The molecule has 0 unspecified atom stereocenters. The summed E-state index contributed by atoms with van der Waals surface area (Å²) in [5, 5.41) is 3.89. The van der Waals surface area contributed by atoms with Gasteiger partial charge in [-0.2, -0.15) is 0 Å². The van der Waals surface area contributed by atoms with Crippen LogP contribution in [0.5, 0.6) is 0 Å². The molecule has 0 bridgehead atoms. The molecule has 0 heterocycles. The molecule has 1 aromatic carbocycles. The van der Waals surface area contributed by atoms with E-state index in [1.165, 1.54) is 5.56 Å². The van der Waals surface area contributed by atoms with E-state index in [1.807, 2.05) is 24.3 Å². The molecule has 1 aliphatic carbocycles. The van der Waals surface area contributed by atoms with Gasteiger partial charge in [-0.05, 0) is 36.5 Å². The molecule has 0 atom stereocenters. The number of hydrogen-bond acceptors (Lipinski definition) is 1. The Morgan fingerprint density at radius 3 is 2.41 bits per heavy atom. The number of rotatable bonds is 4. The zero-order valence-corrected chi connectivity index (χ0v) is 11.1. The van der Waals surface area contributed by atoms with Gasteiger partial charge in [-0.25, -0.2) is 0 Å². The highest BCUT2D eigenvalue weighted by molar-refractivity contribution is 6.30. The van der Waals surface area contributed by atoms with Gasteiger partial charge in [0.1, 0.15) is 0 Å². The lowest BCUT2D eigenvalue weighted by Crippen LogP contribution is -2.35. The Labute approximate surface area is 107 Å². The van der Waals surface area contributed by atoms with Crippen molar-refractivity contribution in [1.29, 1.82) is 0 Å². The predicted molar refractivity (Wildman–Crippen MR) is 70.0 cm³/mol. The minimum atomic E-state index is -0.115. The minimum Gasteiger partial charge on any atom is -0.347 e. The van der Waals surface area contributed by atoms with Crippen LogP contribution in [-0.4, -0.2) is 5.91 Å². The van der Waals surface area contributed by atoms with E-state index in [4.69, 9.17) is 11.6 Å². The quantitative estimate of drug-likeness (QED) is 0.872. The highest BCUT2D eigenvalue weighted by Crippen LogP contribution is 2.45. The molecular formula is C14H18ClNO. The fourth-order valence-corrected chi connectivity index (χ4v) is 2.19. The fourth-order valence-electron chi connectivity index (χ4n) is 2.07. The van der Waals surface area contributed by atoms with Gasteiger partial charge in [-0.1, -0.05) is 37.6 Å². The highest BCUT2D eigenvalue weighted by atomic mass is 35.5. The SMILES string of the molecule is CC(C)CC(=O)NC1(c2ccc(Cl)cc2)CC1. The fraction of sp³-hybridized carbons (Fsp3) is 0.500. The third-order valence-corrected chi connectivity index (χ3v) is 3.37. The second-order valence-electron chi connectivity index (χ2n) is 5.24. The van der Waals surface area contributed by atoms with Crippen LogP contribution in [0.1, 0.15) is 38.7 Å². The van der Waals surface area contributed by atoms with Crippen LogP contribution < -0.4 is 5.32 Å². The van der Waals surface area contributed by atoms with Crippen LogP contribution in [0.3, 0.4) is 0 Å². The van der Waals surface area contributed by atoms with Crippen molar-refractivity contribution >= 4 is 17.5 Å². The van der Waals surface area contributed by atoms with Gasteiger partial charge >= 0.3 is 0 Å². The number of benzene rings is 1. The Balaban J connectivity index is 2.05. The Hall–Kier alpha value is -1.02. The van der Waals surface area contributed by atoms with Crippen molar-refractivity contribution in [3.63, 3.8) is 0 Å². The molecule has 1 aliphatic rings. The summed E-state index contributed by atoms with van der Waals surface area (Å²) in [6.07, 6.45) is 2.65. The van der Waals surface area contributed by atoms with Crippen molar-refractivity contribution in [2.75, 3.05) is 0 Å². The van der Waals surface area contributed by atoms with E-state index in [0.29, 0.717) is 12.3 Å². The van der Waals surface area contributed by atoms with Crippen molar-refractivity contribution in [2.45, 2.75) is 38.6 Å². The van der Waals surface area contributed by atoms with Gasteiger partial charge in [-0.3, -0.25) is 4.79 Å². The molecule has 0 spiro atoms. The Morgan fingerprint density at radius 2 is 1.94 bits per heavy atom. The standard InChI is InChI=1S/C14H18ClNO/c1-10(2)9-13(17)16-14(7-8-14)11-3-5-12(15)6-4-11/h3-6,10H,7-9H2,1-2H3,(H,16,17). The van der Waals surface area contributed by atoms with E-state index in [1.54, 1.807) is 0 Å². The Morgan fingerprint density at radius 1 is 1.35 bits per heavy atom. The zero-order chi connectivity index (χ0) is 12.5. The number of nitrogens with one attached hydrogen (secondary N) is 1. The van der Waals surface area contributed by atoms with Crippen LogP contribution in [0.4, 0.5) is 0 Å². The second kappa shape index (κ2) is 4.69. The van der Waals surface area contributed by atoms with Crippen molar-refractivity contribution < 1.29 is 4.79 Å². The van der Waals surface area contributed by atoms with Gasteiger partial charge < -0.3 is 5.32 Å². The van der Waals surface area contributed by atoms with Crippen LogP contribution in [0, 0.1) is 5.92 Å². The second-order valence-corrected chi connectivity index (χ2v) is 5.67. The largest absolute Gasteiger partial charge is 0.347 e. The summed E-state index contributed by atoms with van der Waals surface area (Å²) in [6, 6.07) is 7.77. The molecule has 2 nitrogen and oxygen atoms in total. The van der Waals surface area contributed by atoms with Crippen molar-refractivity contribution in [3.05, 3.63) is 34.9 Å². The van der Waals surface area contributed by atoms with Gasteiger partial charge in [0.05, 0.1) is 5.54 Å². The summed E-state index contributed by atoms with van der Waals surface area (Å²) < 4.78 is 0. The monoisotopic (exact) mass is 251 g/mol. The zero-order valence-electron chi connectivity index (χ0n) is 10.3. The van der Waals surface area contributed by atoms with Gasteiger partial charge in [0, 0.05) is 11.4 Å². The first-order chi connectivity index (χ1) is 8.02. The van der Waals surface area contributed by atoms with E-state index in [9.17, 15) is 4.79 Å². The first kappa shape index (κ1) is 12.4. The first-order valence-electron chi connectivity index (χ1n) is 6.09. The molecule has 0 radical (unpaired) electrons. The van der Waals surface area contributed by atoms with Gasteiger partial charge in [0.2, 0.25) is 5.91 Å². The van der Waals surface area contributed by atoms with Gasteiger partial charge in [0.25, 0.3) is 0 Å². The number of halogens is 1. The third-order valence-electron chi connectivity index (χ3n) is 3.12. The average molecular weight is 252 g/mol. The minimum absolute atomic E-state index is 0.115. The van der Waals surface area contributed by atoms with Gasteiger partial charge in [-0.15, -0.1) is 0 Å². The lowest BCUT2D eigenvalue weighted by atomic mass is 10.0.